The Morgan fingerprint density at radius 1 is 0.700 bits per heavy atom. The highest BCUT2D eigenvalue weighted by Crippen LogP contribution is 2.16. The Bertz CT molecular complexity index is 299. The normalized spacial score (nSPS) is 11.8. The van der Waals surface area contributed by atoms with Crippen molar-refractivity contribution < 1.29 is 19.1 Å². The van der Waals surface area contributed by atoms with Crippen LogP contribution in [-0.2, 0) is 19.1 Å². The Labute approximate surface area is 122 Å². The molecule has 0 atom stereocenters. The summed E-state index contributed by atoms with van der Waals surface area (Å²) in [6.45, 7) is 8.58. The largest absolute Gasteiger partial charge is 0.462 e. The molecule has 0 unspecified atom stereocenters. The molecular weight excluding hydrogens is 256 g/mol. The highest BCUT2D eigenvalue weighted by atomic mass is 16.5. The third-order valence-corrected chi connectivity index (χ3v) is 3.03. The number of rotatable bonds is 10. The van der Waals surface area contributed by atoms with E-state index in [1.165, 1.54) is 0 Å². The second-order valence-electron chi connectivity index (χ2n) is 4.64. The van der Waals surface area contributed by atoms with Gasteiger partial charge in [-0.1, -0.05) is 40.5 Å². The molecule has 20 heavy (non-hydrogen) atoms. The van der Waals surface area contributed by atoms with Crippen LogP contribution in [0.3, 0.4) is 0 Å². The van der Waals surface area contributed by atoms with Crippen LogP contribution in [0, 0.1) is 0 Å². The third kappa shape index (κ3) is 6.73. The fraction of sp³-hybridized carbons (Fsp3) is 0.750. The Morgan fingerprint density at radius 2 is 1.05 bits per heavy atom. The zero-order valence-electron chi connectivity index (χ0n) is 13.3. The minimum absolute atomic E-state index is 0.384. The van der Waals surface area contributed by atoms with E-state index in [0.717, 1.165) is 25.7 Å². The van der Waals surface area contributed by atoms with Crippen LogP contribution < -0.4 is 0 Å². The van der Waals surface area contributed by atoms with E-state index in [-0.39, 0.29) is 11.9 Å². The van der Waals surface area contributed by atoms with Gasteiger partial charge < -0.3 is 9.47 Å². The average molecular weight is 284 g/mol. The fourth-order valence-corrected chi connectivity index (χ4v) is 1.75. The lowest BCUT2D eigenvalue weighted by Gasteiger charge is -2.12. The number of hydrogen-bond acceptors (Lipinski definition) is 4. The Kier molecular flexibility index (Phi) is 10.7. The van der Waals surface area contributed by atoms with Gasteiger partial charge in [-0.15, -0.1) is 0 Å². The maximum Gasteiger partial charge on any atom is 0.334 e. The molecule has 0 aliphatic rings. The molecule has 0 aliphatic heterocycles. The lowest BCUT2D eigenvalue weighted by Crippen LogP contribution is -2.17. The molecule has 0 spiro atoms. The van der Waals surface area contributed by atoms with Gasteiger partial charge >= 0.3 is 11.9 Å². The van der Waals surface area contributed by atoms with E-state index in [9.17, 15) is 9.59 Å². The summed E-state index contributed by atoms with van der Waals surface area (Å²) >= 11 is 0. The van der Waals surface area contributed by atoms with Crippen LogP contribution >= 0.6 is 0 Å². The molecule has 0 bridgehead atoms. The first kappa shape index (κ1) is 18.7. The predicted molar refractivity (Wildman–Crippen MR) is 79.3 cm³/mol. The lowest BCUT2D eigenvalue weighted by molar-refractivity contribution is -0.142. The third-order valence-electron chi connectivity index (χ3n) is 3.03. The summed E-state index contributed by atoms with van der Waals surface area (Å²) in [5.41, 5.74) is 0.898. The SMILES string of the molecule is CCCCOC(=O)/C(CC)=C(/CC)C(=O)OCCCC. The Morgan fingerprint density at radius 3 is 1.30 bits per heavy atom. The molecule has 0 aromatic heterocycles. The predicted octanol–water partition coefficient (Wildman–Crippen LogP) is 3.79. The van der Waals surface area contributed by atoms with Crippen molar-refractivity contribution in [2.75, 3.05) is 13.2 Å². The van der Waals surface area contributed by atoms with Gasteiger partial charge in [-0.05, 0) is 25.7 Å². The van der Waals surface area contributed by atoms with Gasteiger partial charge in [0.1, 0.15) is 0 Å². The van der Waals surface area contributed by atoms with Gasteiger partial charge in [0.2, 0.25) is 0 Å². The molecule has 0 saturated heterocycles. The minimum atomic E-state index is -0.384. The average Bonchev–Trinajstić information content (AvgIpc) is 2.44. The quantitative estimate of drug-likeness (QED) is 0.348. The van der Waals surface area contributed by atoms with E-state index in [4.69, 9.17) is 9.47 Å². The van der Waals surface area contributed by atoms with Crippen LogP contribution in [0.5, 0.6) is 0 Å². The fourth-order valence-electron chi connectivity index (χ4n) is 1.75. The van der Waals surface area contributed by atoms with Crippen LogP contribution in [-0.4, -0.2) is 25.2 Å². The molecule has 0 fully saturated rings. The van der Waals surface area contributed by atoms with Gasteiger partial charge in [0, 0.05) is 11.1 Å². The summed E-state index contributed by atoms with van der Waals surface area (Å²) < 4.78 is 10.4. The zero-order chi connectivity index (χ0) is 15.4. The standard InChI is InChI=1S/C16H28O4/c1-5-9-11-19-15(17)13(7-3)14(8-4)16(18)20-12-10-6-2/h5-12H2,1-4H3/b14-13-. The van der Waals surface area contributed by atoms with Crippen molar-refractivity contribution >= 4 is 11.9 Å². The maximum atomic E-state index is 12.0. The van der Waals surface area contributed by atoms with Gasteiger partial charge in [0.15, 0.2) is 0 Å². The van der Waals surface area contributed by atoms with E-state index in [2.05, 4.69) is 0 Å². The first-order valence-corrected chi connectivity index (χ1v) is 7.68. The van der Waals surface area contributed by atoms with Crippen molar-refractivity contribution in [2.24, 2.45) is 0 Å². The highest BCUT2D eigenvalue weighted by Gasteiger charge is 2.20. The first-order chi connectivity index (χ1) is 9.62. The van der Waals surface area contributed by atoms with E-state index < -0.39 is 0 Å². The van der Waals surface area contributed by atoms with Crippen LogP contribution in [0.25, 0.3) is 0 Å². The van der Waals surface area contributed by atoms with Gasteiger partial charge in [-0.25, -0.2) is 9.59 Å². The summed E-state index contributed by atoms with van der Waals surface area (Å²) in [6.07, 6.45) is 4.58. The smallest absolute Gasteiger partial charge is 0.334 e. The van der Waals surface area contributed by atoms with Crippen molar-refractivity contribution in [3.8, 4) is 0 Å². The van der Waals surface area contributed by atoms with E-state index in [1.54, 1.807) is 0 Å². The zero-order valence-corrected chi connectivity index (χ0v) is 13.3. The van der Waals surface area contributed by atoms with Crippen molar-refractivity contribution in [2.45, 2.75) is 66.2 Å². The highest BCUT2D eigenvalue weighted by molar-refractivity contribution is 6.00. The number of carbonyl (C=O) groups excluding carboxylic acids is 2. The Hall–Kier alpha value is -1.32. The number of unbranched alkanes of at least 4 members (excludes halogenated alkanes) is 2. The summed E-state index contributed by atoms with van der Waals surface area (Å²) in [5, 5.41) is 0. The van der Waals surface area contributed by atoms with E-state index >= 15 is 0 Å². The van der Waals surface area contributed by atoms with Gasteiger partial charge in [-0.3, -0.25) is 0 Å². The van der Waals surface area contributed by atoms with Crippen molar-refractivity contribution in [1.29, 1.82) is 0 Å². The molecule has 0 N–H and O–H groups in total. The number of esters is 2. The van der Waals surface area contributed by atoms with Gasteiger partial charge in [-0.2, -0.15) is 0 Å². The van der Waals surface area contributed by atoms with Gasteiger partial charge in [0.25, 0.3) is 0 Å². The molecule has 0 aliphatic carbocycles. The molecule has 0 saturated carbocycles. The van der Waals surface area contributed by atoms with E-state index in [0.29, 0.717) is 37.2 Å². The minimum Gasteiger partial charge on any atom is -0.462 e. The van der Waals surface area contributed by atoms with Crippen LogP contribution in [0.2, 0.25) is 0 Å². The topological polar surface area (TPSA) is 52.6 Å². The molecule has 0 aromatic rings. The summed E-state index contributed by atoms with van der Waals surface area (Å²) in [5.74, 6) is -0.768. The molecule has 4 nitrogen and oxygen atoms in total. The summed E-state index contributed by atoms with van der Waals surface area (Å²) in [7, 11) is 0. The maximum absolute atomic E-state index is 12.0. The second kappa shape index (κ2) is 11.5. The molecule has 0 heterocycles. The van der Waals surface area contributed by atoms with Crippen LogP contribution in [0.15, 0.2) is 11.1 Å². The molecule has 0 aromatic carbocycles. The molecular formula is C16H28O4. The molecule has 116 valence electrons. The summed E-state index contributed by atoms with van der Waals surface area (Å²) in [6, 6.07) is 0. The first-order valence-electron chi connectivity index (χ1n) is 7.68. The van der Waals surface area contributed by atoms with Crippen molar-refractivity contribution in [1.82, 2.24) is 0 Å². The molecule has 0 rings (SSSR count). The number of ether oxygens (including phenoxy) is 2. The van der Waals surface area contributed by atoms with Crippen molar-refractivity contribution in [3.05, 3.63) is 11.1 Å². The Balaban J connectivity index is 4.77. The molecule has 0 amide bonds. The number of carbonyl (C=O) groups is 2. The van der Waals surface area contributed by atoms with E-state index in [1.807, 2.05) is 27.7 Å². The van der Waals surface area contributed by atoms with Crippen LogP contribution in [0.1, 0.15) is 66.2 Å². The number of hydrogen-bond donors (Lipinski definition) is 0. The molecule has 4 heteroatoms. The second-order valence-corrected chi connectivity index (χ2v) is 4.64. The van der Waals surface area contributed by atoms with Gasteiger partial charge in [0.05, 0.1) is 13.2 Å². The lowest BCUT2D eigenvalue weighted by atomic mass is 10.0. The van der Waals surface area contributed by atoms with Crippen LogP contribution in [0.4, 0.5) is 0 Å². The summed E-state index contributed by atoms with van der Waals surface area (Å²) in [4.78, 5) is 24.0. The monoisotopic (exact) mass is 284 g/mol. The molecule has 0 radical (unpaired) electrons. The van der Waals surface area contributed by atoms with Crippen molar-refractivity contribution in [3.63, 3.8) is 0 Å².